The molecule has 0 spiro atoms. The van der Waals surface area contributed by atoms with Crippen molar-refractivity contribution >= 4 is 10.1 Å². The summed E-state index contributed by atoms with van der Waals surface area (Å²) in [6.45, 7) is 4.15. The SMILES string of the molecule is CCCCCCCCCCCCC(O)(CCCC)S(=O)(=O)O. The standard InChI is InChI=1S/C17H36O4S/c1-3-5-7-8-9-10-11-12-13-14-16-17(18,15-6-4-2)22(19,20)21/h18H,3-16H2,1-2H3,(H,19,20,21). The van der Waals surface area contributed by atoms with E-state index in [0.29, 0.717) is 12.8 Å². The highest BCUT2D eigenvalue weighted by Gasteiger charge is 2.39. The van der Waals surface area contributed by atoms with E-state index in [9.17, 15) is 18.1 Å². The summed E-state index contributed by atoms with van der Waals surface area (Å²) in [5.74, 6) is 0. The molecule has 0 radical (unpaired) electrons. The Labute approximate surface area is 137 Å². The van der Waals surface area contributed by atoms with Crippen LogP contribution in [-0.2, 0) is 10.1 Å². The van der Waals surface area contributed by atoms with Crippen LogP contribution >= 0.6 is 0 Å². The highest BCUT2D eigenvalue weighted by molar-refractivity contribution is 7.87. The summed E-state index contributed by atoms with van der Waals surface area (Å²) in [6, 6.07) is 0. The Morgan fingerprint density at radius 2 is 1.05 bits per heavy atom. The Balaban J connectivity index is 3.77. The van der Waals surface area contributed by atoms with Gasteiger partial charge in [-0.05, 0) is 25.7 Å². The fraction of sp³-hybridized carbons (Fsp3) is 1.00. The lowest BCUT2D eigenvalue weighted by Gasteiger charge is -2.24. The lowest BCUT2D eigenvalue weighted by Crippen LogP contribution is -2.38. The van der Waals surface area contributed by atoms with Crippen LogP contribution in [0.25, 0.3) is 0 Å². The first kappa shape index (κ1) is 21.9. The minimum atomic E-state index is -4.39. The molecular formula is C17H36O4S. The van der Waals surface area contributed by atoms with Crippen LogP contribution in [0.3, 0.4) is 0 Å². The minimum absolute atomic E-state index is 0.125. The average molecular weight is 337 g/mol. The highest BCUT2D eigenvalue weighted by atomic mass is 32.2. The van der Waals surface area contributed by atoms with Gasteiger partial charge in [-0.25, -0.2) is 0 Å². The molecule has 0 aromatic heterocycles. The largest absolute Gasteiger partial charge is 0.372 e. The van der Waals surface area contributed by atoms with E-state index >= 15 is 0 Å². The Bertz CT molecular complexity index is 354. The summed E-state index contributed by atoms with van der Waals surface area (Å²) in [4.78, 5) is -1.94. The molecule has 0 saturated heterocycles. The molecule has 0 saturated carbocycles. The van der Waals surface area contributed by atoms with Gasteiger partial charge < -0.3 is 5.11 Å². The lowest BCUT2D eigenvalue weighted by molar-refractivity contribution is 0.0890. The molecule has 0 aliphatic carbocycles. The number of unbranched alkanes of at least 4 members (excludes halogenated alkanes) is 10. The van der Waals surface area contributed by atoms with Gasteiger partial charge >= 0.3 is 0 Å². The van der Waals surface area contributed by atoms with Crippen molar-refractivity contribution in [2.45, 2.75) is 109 Å². The van der Waals surface area contributed by atoms with E-state index in [4.69, 9.17) is 0 Å². The van der Waals surface area contributed by atoms with E-state index in [2.05, 4.69) is 6.92 Å². The third-order valence-corrected chi connectivity index (χ3v) is 5.69. The Kier molecular flexibility index (Phi) is 12.2. The highest BCUT2D eigenvalue weighted by Crippen LogP contribution is 2.27. The van der Waals surface area contributed by atoms with Gasteiger partial charge in [-0.1, -0.05) is 78.1 Å². The molecular weight excluding hydrogens is 300 g/mol. The number of hydrogen-bond donors (Lipinski definition) is 2. The zero-order valence-corrected chi connectivity index (χ0v) is 15.3. The third kappa shape index (κ3) is 9.80. The molecule has 0 aliphatic heterocycles. The van der Waals surface area contributed by atoms with Crippen LogP contribution in [0.5, 0.6) is 0 Å². The summed E-state index contributed by atoms with van der Waals surface area (Å²) in [7, 11) is -4.39. The zero-order chi connectivity index (χ0) is 16.9. The molecule has 0 rings (SSSR count). The summed E-state index contributed by atoms with van der Waals surface area (Å²) >= 11 is 0. The van der Waals surface area contributed by atoms with E-state index in [-0.39, 0.29) is 12.8 Å². The van der Waals surface area contributed by atoms with Gasteiger partial charge in [-0.15, -0.1) is 0 Å². The molecule has 1 unspecified atom stereocenters. The van der Waals surface area contributed by atoms with Crippen molar-refractivity contribution in [2.75, 3.05) is 0 Å². The minimum Gasteiger partial charge on any atom is -0.372 e. The predicted molar refractivity (Wildman–Crippen MR) is 92.5 cm³/mol. The average Bonchev–Trinajstić information content (AvgIpc) is 2.46. The lowest BCUT2D eigenvalue weighted by atomic mass is 10.0. The second-order valence-corrected chi connectivity index (χ2v) is 8.17. The van der Waals surface area contributed by atoms with Crippen LogP contribution in [0.2, 0.25) is 0 Å². The fourth-order valence-corrected chi connectivity index (χ4v) is 3.53. The molecule has 4 nitrogen and oxygen atoms in total. The molecule has 22 heavy (non-hydrogen) atoms. The summed E-state index contributed by atoms with van der Waals surface area (Å²) < 4.78 is 31.9. The maximum Gasteiger partial charge on any atom is 0.294 e. The quantitative estimate of drug-likeness (QED) is 0.323. The van der Waals surface area contributed by atoms with Crippen molar-refractivity contribution in [1.29, 1.82) is 0 Å². The first-order valence-electron chi connectivity index (χ1n) is 9.06. The first-order chi connectivity index (χ1) is 10.4. The summed E-state index contributed by atoms with van der Waals surface area (Å²) in [5, 5.41) is 10.2. The van der Waals surface area contributed by atoms with Crippen LogP contribution in [0.15, 0.2) is 0 Å². The second-order valence-electron chi connectivity index (χ2n) is 6.46. The van der Waals surface area contributed by atoms with Crippen LogP contribution in [-0.4, -0.2) is 23.0 Å². The topological polar surface area (TPSA) is 74.6 Å². The molecule has 0 aromatic carbocycles. The van der Waals surface area contributed by atoms with E-state index < -0.39 is 15.1 Å². The molecule has 1 atom stereocenters. The van der Waals surface area contributed by atoms with Gasteiger partial charge in [0, 0.05) is 0 Å². The van der Waals surface area contributed by atoms with Gasteiger partial charge in [0.05, 0.1) is 0 Å². The van der Waals surface area contributed by atoms with Crippen LogP contribution in [0, 0.1) is 0 Å². The maximum absolute atomic E-state index is 11.4. The molecule has 0 aromatic rings. The molecule has 0 aliphatic rings. The molecule has 134 valence electrons. The van der Waals surface area contributed by atoms with Crippen molar-refractivity contribution in [1.82, 2.24) is 0 Å². The van der Waals surface area contributed by atoms with Crippen molar-refractivity contribution in [3.05, 3.63) is 0 Å². The van der Waals surface area contributed by atoms with Gasteiger partial charge in [-0.2, -0.15) is 8.42 Å². The molecule has 0 fully saturated rings. The van der Waals surface area contributed by atoms with E-state index in [1.807, 2.05) is 6.92 Å². The van der Waals surface area contributed by atoms with E-state index in [1.54, 1.807) is 0 Å². The van der Waals surface area contributed by atoms with Crippen molar-refractivity contribution in [2.24, 2.45) is 0 Å². The van der Waals surface area contributed by atoms with E-state index in [0.717, 1.165) is 19.3 Å². The maximum atomic E-state index is 11.4. The monoisotopic (exact) mass is 336 g/mol. The van der Waals surface area contributed by atoms with Crippen molar-refractivity contribution in [3.8, 4) is 0 Å². The molecule has 5 heteroatoms. The third-order valence-electron chi connectivity index (χ3n) is 4.32. The number of hydrogen-bond acceptors (Lipinski definition) is 3. The Morgan fingerprint density at radius 3 is 1.45 bits per heavy atom. The van der Waals surface area contributed by atoms with Gasteiger partial charge in [0.15, 0.2) is 4.93 Å². The molecule has 2 N–H and O–H groups in total. The molecule has 0 bridgehead atoms. The van der Waals surface area contributed by atoms with Gasteiger partial charge in [0.2, 0.25) is 0 Å². The van der Waals surface area contributed by atoms with Crippen molar-refractivity contribution in [3.63, 3.8) is 0 Å². The van der Waals surface area contributed by atoms with Crippen LogP contribution in [0.1, 0.15) is 104 Å². The predicted octanol–water partition coefficient (Wildman–Crippen LogP) is 5.06. The van der Waals surface area contributed by atoms with Crippen LogP contribution in [0.4, 0.5) is 0 Å². The Hall–Kier alpha value is -0.130. The molecule has 0 heterocycles. The first-order valence-corrected chi connectivity index (χ1v) is 10.5. The normalized spacial score (nSPS) is 14.9. The summed E-state index contributed by atoms with van der Waals surface area (Å²) in [6.07, 6.45) is 13.2. The smallest absolute Gasteiger partial charge is 0.294 e. The van der Waals surface area contributed by atoms with Crippen molar-refractivity contribution < 1.29 is 18.1 Å². The number of rotatable bonds is 15. The fourth-order valence-electron chi connectivity index (χ4n) is 2.72. The zero-order valence-electron chi connectivity index (χ0n) is 14.5. The van der Waals surface area contributed by atoms with Gasteiger partial charge in [0.1, 0.15) is 0 Å². The van der Waals surface area contributed by atoms with Gasteiger partial charge in [-0.3, -0.25) is 4.55 Å². The Morgan fingerprint density at radius 1 is 0.682 bits per heavy atom. The van der Waals surface area contributed by atoms with Crippen LogP contribution < -0.4 is 0 Å². The van der Waals surface area contributed by atoms with E-state index in [1.165, 1.54) is 44.9 Å². The van der Waals surface area contributed by atoms with Gasteiger partial charge in [0.25, 0.3) is 10.1 Å². The number of aliphatic hydroxyl groups is 1. The second kappa shape index (κ2) is 12.3. The molecule has 0 amide bonds. The summed E-state index contributed by atoms with van der Waals surface area (Å²) in [5.41, 5.74) is 0.